The number of carbonyl (C=O) groups is 1. The average Bonchev–Trinajstić information content (AvgIpc) is 2.68. The molecule has 2 rings (SSSR count). The molecule has 1 N–H and O–H groups in total. The summed E-state index contributed by atoms with van der Waals surface area (Å²) in [6, 6.07) is 9.30. The Morgan fingerprint density at radius 1 is 1.07 bits per heavy atom. The Morgan fingerprint density at radius 2 is 1.86 bits per heavy atom. The molecule has 0 unspecified atom stereocenters. The van der Waals surface area contributed by atoms with Gasteiger partial charge in [0.15, 0.2) is 11.5 Å². The summed E-state index contributed by atoms with van der Waals surface area (Å²) in [7, 11) is 3.23. The molecule has 152 valence electrons. The predicted molar refractivity (Wildman–Crippen MR) is 109 cm³/mol. The minimum atomic E-state index is -0.255. The first-order valence-electron chi connectivity index (χ1n) is 9.47. The van der Waals surface area contributed by atoms with Crippen molar-refractivity contribution in [2.75, 3.05) is 27.4 Å². The zero-order valence-electron chi connectivity index (χ0n) is 17.3. The van der Waals surface area contributed by atoms with Crippen LogP contribution in [0.4, 0.5) is 0 Å². The summed E-state index contributed by atoms with van der Waals surface area (Å²) < 4.78 is 16.1. The Kier molecular flexibility index (Phi) is 8.26. The van der Waals surface area contributed by atoms with Gasteiger partial charge in [0.2, 0.25) is 5.91 Å². The number of pyridine rings is 1. The van der Waals surface area contributed by atoms with Crippen molar-refractivity contribution < 1.29 is 19.0 Å². The first kappa shape index (κ1) is 21.7. The third kappa shape index (κ3) is 5.70. The summed E-state index contributed by atoms with van der Waals surface area (Å²) in [5.41, 5.74) is 1.86. The second-order valence-corrected chi connectivity index (χ2v) is 6.99. The molecule has 2 aromatic rings. The number of nitrogens with one attached hydrogen (secondary N) is 1. The Bertz CT molecular complexity index is 749. The number of hydrogen-bond acceptors (Lipinski definition) is 5. The zero-order chi connectivity index (χ0) is 20.5. The number of aromatic nitrogens is 1. The number of nitrogens with zero attached hydrogens (tertiary/aromatic N) is 1. The Balaban J connectivity index is 2.12. The molecular formula is C22H30N2O4. The van der Waals surface area contributed by atoms with Crippen LogP contribution in [-0.4, -0.2) is 38.3 Å². The average molecular weight is 386 g/mol. The van der Waals surface area contributed by atoms with E-state index in [0.717, 1.165) is 11.1 Å². The largest absolute Gasteiger partial charge is 0.493 e. The third-order valence-electron chi connectivity index (χ3n) is 4.58. The molecule has 0 saturated carbocycles. The van der Waals surface area contributed by atoms with E-state index in [1.165, 1.54) is 0 Å². The summed E-state index contributed by atoms with van der Waals surface area (Å²) >= 11 is 0. The SMILES string of the molecule is COCCOc1ccc([C@@H](C)NC(=O)[C@H](c2cccnc2)C(C)C)cc1OC. The molecule has 2 atom stereocenters. The van der Waals surface area contributed by atoms with Crippen LogP contribution < -0.4 is 14.8 Å². The van der Waals surface area contributed by atoms with Crippen molar-refractivity contribution in [3.05, 3.63) is 53.9 Å². The monoisotopic (exact) mass is 386 g/mol. The van der Waals surface area contributed by atoms with E-state index in [1.54, 1.807) is 26.6 Å². The lowest BCUT2D eigenvalue weighted by molar-refractivity contribution is -0.124. The Morgan fingerprint density at radius 3 is 2.46 bits per heavy atom. The summed E-state index contributed by atoms with van der Waals surface area (Å²) in [4.78, 5) is 17.1. The number of ether oxygens (including phenoxy) is 3. The molecule has 0 bridgehead atoms. The van der Waals surface area contributed by atoms with Crippen LogP contribution in [0.3, 0.4) is 0 Å². The second-order valence-electron chi connectivity index (χ2n) is 6.99. The molecule has 0 fully saturated rings. The minimum Gasteiger partial charge on any atom is -0.493 e. The maximum absolute atomic E-state index is 13.0. The second kappa shape index (κ2) is 10.7. The van der Waals surface area contributed by atoms with Crippen LogP contribution >= 0.6 is 0 Å². The standard InChI is InChI=1S/C22H30N2O4/c1-15(2)21(18-7-6-10-23-14-18)22(25)24-16(3)17-8-9-19(20(13-17)27-5)28-12-11-26-4/h6-10,13-16,21H,11-12H2,1-5H3,(H,24,25)/t16-,21+/m1/s1. The molecular weight excluding hydrogens is 356 g/mol. The molecule has 0 saturated heterocycles. The molecule has 6 nitrogen and oxygen atoms in total. The van der Waals surface area contributed by atoms with Crippen LogP contribution in [0.25, 0.3) is 0 Å². The first-order chi connectivity index (χ1) is 13.5. The fourth-order valence-corrected chi connectivity index (χ4v) is 3.09. The number of methoxy groups -OCH3 is 2. The van der Waals surface area contributed by atoms with Crippen molar-refractivity contribution in [3.8, 4) is 11.5 Å². The van der Waals surface area contributed by atoms with Crippen LogP contribution in [0.5, 0.6) is 11.5 Å². The molecule has 0 aliphatic rings. The van der Waals surface area contributed by atoms with Crippen LogP contribution in [0, 0.1) is 5.92 Å². The fraction of sp³-hybridized carbons (Fsp3) is 0.455. The van der Waals surface area contributed by atoms with Crippen molar-refractivity contribution in [1.29, 1.82) is 0 Å². The van der Waals surface area contributed by atoms with Crippen molar-refractivity contribution in [1.82, 2.24) is 10.3 Å². The highest BCUT2D eigenvalue weighted by Gasteiger charge is 2.26. The molecule has 28 heavy (non-hydrogen) atoms. The van der Waals surface area contributed by atoms with Gasteiger partial charge in [-0.3, -0.25) is 9.78 Å². The maximum atomic E-state index is 13.0. The van der Waals surface area contributed by atoms with E-state index in [1.807, 2.05) is 51.1 Å². The minimum absolute atomic E-state index is 0.0186. The predicted octanol–water partition coefficient (Wildman–Crippen LogP) is 3.73. The molecule has 1 aromatic carbocycles. The van der Waals surface area contributed by atoms with E-state index >= 15 is 0 Å². The first-order valence-corrected chi connectivity index (χ1v) is 9.47. The summed E-state index contributed by atoms with van der Waals surface area (Å²) in [5.74, 6) is 1.16. The normalized spacial score (nSPS) is 13.1. The summed E-state index contributed by atoms with van der Waals surface area (Å²) in [6.07, 6.45) is 3.47. The number of amides is 1. The maximum Gasteiger partial charge on any atom is 0.228 e. The van der Waals surface area contributed by atoms with Crippen LogP contribution in [0.1, 0.15) is 43.9 Å². The van der Waals surface area contributed by atoms with E-state index in [4.69, 9.17) is 14.2 Å². The van der Waals surface area contributed by atoms with Gasteiger partial charge in [0, 0.05) is 19.5 Å². The van der Waals surface area contributed by atoms with E-state index in [9.17, 15) is 4.79 Å². The zero-order valence-corrected chi connectivity index (χ0v) is 17.3. The van der Waals surface area contributed by atoms with Crippen molar-refractivity contribution in [2.24, 2.45) is 5.92 Å². The molecule has 0 aliphatic heterocycles. The quantitative estimate of drug-likeness (QED) is 0.630. The molecule has 0 radical (unpaired) electrons. The van der Waals surface area contributed by atoms with Crippen molar-refractivity contribution in [3.63, 3.8) is 0 Å². The topological polar surface area (TPSA) is 69.7 Å². The fourth-order valence-electron chi connectivity index (χ4n) is 3.09. The summed E-state index contributed by atoms with van der Waals surface area (Å²) in [6.45, 7) is 6.98. The Hall–Kier alpha value is -2.60. The van der Waals surface area contributed by atoms with Crippen LogP contribution in [-0.2, 0) is 9.53 Å². The van der Waals surface area contributed by atoms with E-state index in [0.29, 0.717) is 24.7 Å². The van der Waals surface area contributed by atoms with Gasteiger partial charge in [0.05, 0.1) is 25.7 Å². The smallest absolute Gasteiger partial charge is 0.228 e. The molecule has 6 heteroatoms. The third-order valence-corrected chi connectivity index (χ3v) is 4.58. The number of benzene rings is 1. The van der Waals surface area contributed by atoms with E-state index in [2.05, 4.69) is 10.3 Å². The van der Waals surface area contributed by atoms with Crippen molar-refractivity contribution >= 4 is 5.91 Å². The molecule has 0 spiro atoms. The highest BCUT2D eigenvalue weighted by molar-refractivity contribution is 5.84. The van der Waals surface area contributed by atoms with Gasteiger partial charge in [-0.2, -0.15) is 0 Å². The van der Waals surface area contributed by atoms with Gasteiger partial charge in [0.25, 0.3) is 0 Å². The Labute approximate surface area is 167 Å². The van der Waals surface area contributed by atoms with Gasteiger partial charge < -0.3 is 19.5 Å². The van der Waals surface area contributed by atoms with Gasteiger partial charge in [-0.05, 0) is 42.2 Å². The lowest BCUT2D eigenvalue weighted by Gasteiger charge is -2.24. The number of rotatable bonds is 10. The lowest BCUT2D eigenvalue weighted by atomic mass is 9.88. The highest BCUT2D eigenvalue weighted by atomic mass is 16.5. The molecule has 0 aliphatic carbocycles. The van der Waals surface area contributed by atoms with Crippen molar-refractivity contribution in [2.45, 2.75) is 32.7 Å². The van der Waals surface area contributed by atoms with Gasteiger partial charge in [-0.15, -0.1) is 0 Å². The summed E-state index contributed by atoms with van der Waals surface area (Å²) in [5, 5.41) is 3.12. The van der Waals surface area contributed by atoms with Gasteiger partial charge in [-0.25, -0.2) is 0 Å². The van der Waals surface area contributed by atoms with Crippen LogP contribution in [0.15, 0.2) is 42.7 Å². The molecule has 1 amide bonds. The van der Waals surface area contributed by atoms with Gasteiger partial charge >= 0.3 is 0 Å². The van der Waals surface area contributed by atoms with E-state index < -0.39 is 0 Å². The lowest BCUT2D eigenvalue weighted by Crippen LogP contribution is -2.34. The molecule has 1 heterocycles. The van der Waals surface area contributed by atoms with Gasteiger partial charge in [-0.1, -0.05) is 26.0 Å². The van der Waals surface area contributed by atoms with Gasteiger partial charge in [0.1, 0.15) is 6.61 Å². The van der Waals surface area contributed by atoms with Crippen LogP contribution in [0.2, 0.25) is 0 Å². The number of carbonyl (C=O) groups excluding carboxylic acids is 1. The number of hydrogen-bond donors (Lipinski definition) is 1. The van der Waals surface area contributed by atoms with E-state index in [-0.39, 0.29) is 23.8 Å². The molecule has 1 aromatic heterocycles. The highest BCUT2D eigenvalue weighted by Crippen LogP contribution is 2.31.